The van der Waals surface area contributed by atoms with Crippen LogP contribution in [0.1, 0.15) is 40.2 Å². The van der Waals surface area contributed by atoms with Gasteiger partial charge in [-0.1, -0.05) is 0 Å². The number of rotatable bonds is 7. The first-order valence-electron chi connectivity index (χ1n) is 9.37. The first kappa shape index (κ1) is 19.9. The quantitative estimate of drug-likeness (QED) is 0.587. The second-order valence-electron chi connectivity index (χ2n) is 6.84. The van der Waals surface area contributed by atoms with Crippen LogP contribution in [0.4, 0.5) is 0 Å². The highest BCUT2D eigenvalue weighted by molar-refractivity contribution is 5.95. The lowest BCUT2D eigenvalue weighted by atomic mass is 10.2. The lowest BCUT2D eigenvalue weighted by Crippen LogP contribution is -2.18. The van der Waals surface area contributed by atoms with Crippen LogP contribution in [0.25, 0.3) is 0 Å². The van der Waals surface area contributed by atoms with E-state index in [9.17, 15) is 4.79 Å². The first-order chi connectivity index (χ1) is 13.5. The molecule has 3 rings (SSSR count). The van der Waals surface area contributed by atoms with Crippen molar-refractivity contribution in [2.75, 3.05) is 20.8 Å². The molecule has 1 aliphatic rings. The number of aromatic nitrogens is 1. The van der Waals surface area contributed by atoms with Crippen molar-refractivity contribution >= 4 is 12.1 Å². The fourth-order valence-corrected chi connectivity index (χ4v) is 3.43. The number of aryl methyl sites for hydroxylation is 1. The minimum absolute atomic E-state index is 0.277. The molecule has 1 saturated heterocycles. The van der Waals surface area contributed by atoms with E-state index in [0.29, 0.717) is 17.1 Å². The Labute approximate surface area is 165 Å². The van der Waals surface area contributed by atoms with Crippen LogP contribution in [0.5, 0.6) is 11.5 Å². The molecule has 1 fully saturated rings. The van der Waals surface area contributed by atoms with Gasteiger partial charge >= 0.3 is 0 Å². The van der Waals surface area contributed by atoms with Gasteiger partial charge in [-0.05, 0) is 51.0 Å². The second kappa shape index (κ2) is 8.93. The van der Waals surface area contributed by atoms with Gasteiger partial charge in [-0.3, -0.25) is 4.79 Å². The van der Waals surface area contributed by atoms with E-state index in [1.807, 2.05) is 0 Å². The molecular formula is C21H27N3O4. The summed E-state index contributed by atoms with van der Waals surface area (Å²) >= 11 is 0. The average molecular weight is 385 g/mol. The molecule has 2 aromatic rings. The minimum Gasteiger partial charge on any atom is -0.493 e. The van der Waals surface area contributed by atoms with Gasteiger partial charge in [0.05, 0.1) is 26.5 Å². The molecule has 1 atom stereocenters. The van der Waals surface area contributed by atoms with Gasteiger partial charge in [-0.25, -0.2) is 5.43 Å². The van der Waals surface area contributed by atoms with E-state index in [2.05, 4.69) is 35.0 Å². The smallest absolute Gasteiger partial charge is 0.271 e. The largest absolute Gasteiger partial charge is 0.493 e. The fraction of sp³-hybridized carbons (Fsp3) is 0.429. The third kappa shape index (κ3) is 4.36. The molecule has 0 bridgehead atoms. The maximum atomic E-state index is 12.3. The van der Waals surface area contributed by atoms with Gasteiger partial charge in [0.2, 0.25) is 0 Å². The Balaban J connectivity index is 1.66. The summed E-state index contributed by atoms with van der Waals surface area (Å²) in [7, 11) is 3.08. The molecule has 0 unspecified atom stereocenters. The summed E-state index contributed by atoms with van der Waals surface area (Å²) < 4.78 is 18.4. The number of methoxy groups -OCH3 is 2. The molecule has 28 heavy (non-hydrogen) atoms. The molecule has 7 nitrogen and oxygen atoms in total. The molecule has 0 saturated carbocycles. The first-order valence-corrected chi connectivity index (χ1v) is 9.37. The van der Waals surface area contributed by atoms with Crippen LogP contribution in [0.3, 0.4) is 0 Å². The molecule has 0 spiro atoms. The zero-order chi connectivity index (χ0) is 20.1. The summed E-state index contributed by atoms with van der Waals surface area (Å²) in [4.78, 5) is 12.3. The molecule has 0 radical (unpaired) electrons. The van der Waals surface area contributed by atoms with Crippen LogP contribution in [-0.4, -0.2) is 43.6 Å². The van der Waals surface area contributed by atoms with Crippen molar-refractivity contribution in [2.24, 2.45) is 5.10 Å². The van der Waals surface area contributed by atoms with E-state index in [0.717, 1.165) is 42.9 Å². The zero-order valence-corrected chi connectivity index (χ0v) is 16.8. The van der Waals surface area contributed by atoms with Crippen molar-refractivity contribution in [3.8, 4) is 11.5 Å². The Hall–Kier alpha value is -2.80. The Morgan fingerprint density at radius 1 is 1.29 bits per heavy atom. The van der Waals surface area contributed by atoms with Gasteiger partial charge in [-0.2, -0.15) is 5.10 Å². The third-order valence-electron chi connectivity index (χ3n) is 5.04. The number of carbonyl (C=O) groups excluding carboxylic acids is 1. The van der Waals surface area contributed by atoms with E-state index in [-0.39, 0.29) is 12.0 Å². The molecular weight excluding hydrogens is 358 g/mol. The number of benzene rings is 1. The zero-order valence-electron chi connectivity index (χ0n) is 16.8. The lowest BCUT2D eigenvalue weighted by Gasteiger charge is -2.14. The number of hydrogen-bond acceptors (Lipinski definition) is 5. The van der Waals surface area contributed by atoms with Gasteiger partial charge in [0.15, 0.2) is 11.5 Å². The van der Waals surface area contributed by atoms with Crippen LogP contribution in [-0.2, 0) is 11.3 Å². The van der Waals surface area contributed by atoms with Crippen LogP contribution >= 0.6 is 0 Å². The van der Waals surface area contributed by atoms with Gasteiger partial charge in [0.1, 0.15) is 0 Å². The van der Waals surface area contributed by atoms with Crippen molar-refractivity contribution in [3.63, 3.8) is 0 Å². The van der Waals surface area contributed by atoms with Crippen molar-refractivity contribution in [3.05, 3.63) is 46.8 Å². The highest BCUT2D eigenvalue weighted by atomic mass is 16.5. The monoisotopic (exact) mass is 385 g/mol. The van der Waals surface area contributed by atoms with Crippen LogP contribution < -0.4 is 14.9 Å². The summed E-state index contributed by atoms with van der Waals surface area (Å²) in [5.41, 5.74) is 6.25. The molecule has 1 amide bonds. The predicted molar refractivity (Wildman–Crippen MR) is 107 cm³/mol. The van der Waals surface area contributed by atoms with E-state index in [1.54, 1.807) is 31.5 Å². The molecule has 150 valence electrons. The standard InChI is InChI=1S/C21H27N3O4/c1-14-10-17(15(2)24(14)13-18-6-5-9-28-18)12-22-23-21(25)16-7-8-19(26-3)20(11-16)27-4/h7-8,10-12,18H,5-6,9,13H2,1-4H3,(H,23,25)/b22-12-/t18-/m0/s1. The summed E-state index contributed by atoms with van der Waals surface area (Å²) in [6.07, 6.45) is 4.18. The van der Waals surface area contributed by atoms with Gasteiger partial charge in [0, 0.05) is 35.7 Å². The van der Waals surface area contributed by atoms with Crippen molar-refractivity contribution in [1.29, 1.82) is 0 Å². The SMILES string of the molecule is COc1ccc(C(=O)N/N=C\c2cc(C)n(C[C@@H]3CCCO3)c2C)cc1OC. The molecule has 1 aromatic carbocycles. The fourth-order valence-electron chi connectivity index (χ4n) is 3.43. The number of hydrogen-bond donors (Lipinski definition) is 1. The Bertz CT molecular complexity index is 867. The van der Waals surface area contributed by atoms with E-state index < -0.39 is 0 Å². The third-order valence-corrected chi connectivity index (χ3v) is 5.04. The van der Waals surface area contributed by atoms with Gasteiger partial charge in [0.25, 0.3) is 5.91 Å². The summed E-state index contributed by atoms with van der Waals surface area (Å²) in [6, 6.07) is 7.05. The summed E-state index contributed by atoms with van der Waals surface area (Å²) in [5.74, 6) is 0.753. The Morgan fingerprint density at radius 3 is 2.75 bits per heavy atom. The molecule has 1 N–H and O–H groups in total. The topological polar surface area (TPSA) is 74.1 Å². The van der Waals surface area contributed by atoms with E-state index in [1.165, 1.54) is 7.11 Å². The normalized spacial score (nSPS) is 16.5. The Morgan fingerprint density at radius 2 is 2.07 bits per heavy atom. The Kier molecular flexibility index (Phi) is 6.36. The van der Waals surface area contributed by atoms with Crippen LogP contribution in [0.2, 0.25) is 0 Å². The number of nitrogens with one attached hydrogen (secondary N) is 1. The summed E-state index contributed by atoms with van der Waals surface area (Å²) in [5, 5.41) is 4.12. The number of hydrazone groups is 1. The number of amides is 1. The maximum absolute atomic E-state index is 12.3. The van der Waals surface area contributed by atoms with Crippen LogP contribution in [0, 0.1) is 13.8 Å². The molecule has 1 aromatic heterocycles. The lowest BCUT2D eigenvalue weighted by molar-refractivity contribution is 0.0954. The number of ether oxygens (including phenoxy) is 3. The second-order valence-corrected chi connectivity index (χ2v) is 6.84. The van der Waals surface area contributed by atoms with Crippen molar-refractivity contribution < 1.29 is 19.0 Å². The predicted octanol–water partition coefficient (Wildman–Crippen LogP) is 3.07. The molecule has 0 aliphatic carbocycles. The number of nitrogens with zero attached hydrogens (tertiary/aromatic N) is 2. The van der Waals surface area contributed by atoms with Gasteiger partial charge < -0.3 is 18.8 Å². The highest BCUT2D eigenvalue weighted by Crippen LogP contribution is 2.27. The maximum Gasteiger partial charge on any atom is 0.271 e. The molecule has 1 aliphatic heterocycles. The van der Waals surface area contributed by atoms with Crippen molar-refractivity contribution in [2.45, 2.75) is 39.3 Å². The van der Waals surface area contributed by atoms with Crippen molar-refractivity contribution in [1.82, 2.24) is 9.99 Å². The number of carbonyl (C=O) groups is 1. The van der Waals surface area contributed by atoms with E-state index >= 15 is 0 Å². The van der Waals surface area contributed by atoms with Crippen LogP contribution in [0.15, 0.2) is 29.4 Å². The molecule has 7 heteroatoms. The van der Waals surface area contributed by atoms with E-state index in [4.69, 9.17) is 14.2 Å². The molecule has 2 heterocycles. The minimum atomic E-state index is -0.314. The average Bonchev–Trinajstić information content (AvgIpc) is 3.31. The summed E-state index contributed by atoms with van der Waals surface area (Å²) in [6.45, 7) is 5.82. The van der Waals surface area contributed by atoms with Gasteiger partial charge in [-0.15, -0.1) is 0 Å². The highest BCUT2D eigenvalue weighted by Gasteiger charge is 2.18.